The lowest BCUT2D eigenvalue weighted by Crippen LogP contribution is -2.16. The van der Waals surface area contributed by atoms with Gasteiger partial charge in [0, 0.05) is 5.69 Å². The van der Waals surface area contributed by atoms with E-state index in [1.54, 1.807) is 6.26 Å². The summed E-state index contributed by atoms with van der Waals surface area (Å²) in [7, 11) is 0. The molecule has 2 aromatic heterocycles. The third-order valence-electron chi connectivity index (χ3n) is 3.42. The van der Waals surface area contributed by atoms with Crippen molar-refractivity contribution in [1.29, 1.82) is 0 Å². The van der Waals surface area contributed by atoms with E-state index in [0.29, 0.717) is 5.56 Å². The zero-order valence-electron chi connectivity index (χ0n) is 11.1. The van der Waals surface area contributed by atoms with Gasteiger partial charge in [-0.1, -0.05) is 16.9 Å². The maximum atomic E-state index is 8.95. The van der Waals surface area contributed by atoms with Gasteiger partial charge in [-0.2, -0.15) is 0 Å². The highest BCUT2D eigenvalue weighted by Gasteiger charge is 2.20. The number of nitrogens with two attached hydrogens (primary N) is 1. The first-order valence-corrected chi connectivity index (χ1v) is 7.23. The standard InChI is InChI=1S/C14H15N3O2S/c1-8-12(5-6-19-8)20-14-10(13(15)17-18)7-9-3-2-4-11(9)16-14/h5-7,18H,2-4H2,1H3,(H2,15,17). The van der Waals surface area contributed by atoms with Gasteiger partial charge in [-0.25, -0.2) is 4.98 Å². The molecule has 1 aliphatic rings. The van der Waals surface area contributed by atoms with Crippen LogP contribution in [0.2, 0.25) is 0 Å². The molecule has 1 aliphatic carbocycles. The summed E-state index contributed by atoms with van der Waals surface area (Å²) in [6.45, 7) is 1.90. The number of rotatable bonds is 3. The second-order valence-electron chi connectivity index (χ2n) is 4.73. The quantitative estimate of drug-likeness (QED) is 0.393. The molecule has 0 aromatic carbocycles. The summed E-state index contributed by atoms with van der Waals surface area (Å²) in [6.07, 6.45) is 4.75. The Bertz CT molecular complexity index is 679. The maximum absolute atomic E-state index is 8.95. The first-order valence-electron chi connectivity index (χ1n) is 6.41. The van der Waals surface area contributed by atoms with Gasteiger partial charge in [0.25, 0.3) is 0 Å². The molecule has 0 bridgehead atoms. The Labute approximate surface area is 120 Å². The van der Waals surface area contributed by atoms with Crippen LogP contribution in [0.3, 0.4) is 0 Å². The van der Waals surface area contributed by atoms with Gasteiger partial charge in [0.2, 0.25) is 0 Å². The highest BCUT2D eigenvalue weighted by atomic mass is 32.2. The van der Waals surface area contributed by atoms with E-state index in [9.17, 15) is 0 Å². The van der Waals surface area contributed by atoms with Gasteiger partial charge >= 0.3 is 0 Å². The van der Waals surface area contributed by atoms with Crippen LogP contribution >= 0.6 is 11.8 Å². The van der Waals surface area contributed by atoms with Crippen LogP contribution < -0.4 is 5.73 Å². The van der Waals surface area contributed by atoms with E-state index in [-0.39, 0.29) is 5.84 Å². The highest BCUT2D eigenvalue weighted by Crippen LogP contribution is 2.34. The molecule has 0 saturated carbocycles. The van der Waals surface area contributed by atoms with E-state index in [1.165, 1.54) is 17.3 Å². The van der Waals surface area contributed by atoms with Gasteiger partial charge in [0.1, 0.15) is 10.8 Å². The average Bonchev–Trinajstić information content (AvgIpc) is 3.06. The van der Waals surface area contributed by atoms with Crippen molar-refractivity contribution in [2.75, 3.05) is 0 Å². The Morgan fingerprint density at radius 2 is 2.35 bits per heavy atom. The molecule has 2 heterocycles. The Morgan fingerprint density at radius 1 is 1.50 bits per heavy atom. The van der Waals surface area contributed by atoms with Crippen molar-refractivity contribution in [3.8, 4) is 0 Å². The minimum absolute atomic E-state index is 0.0934. The van der Waals surface area contributed by atoms with Crippen LogP contribution in [0.1, 0.15) is 29.0 Å². The van der Waals surface area contributed by atoms with Gasteiger partial charge in [0.15, 0.2) is 5.84 Å². The Morgan fingerprint density at radius 3 is 3.05 bits per heavy atom. The zero-order valence-corrected chi connectivity index (χ0v) is 11.9. The van der Waals surface area contributed by atoms with E-state index < -0.39 is 0 Å². The molecule has 0 spiro atoms. The zero-order chi connectivity index (χ0) is 14.1. The molecule has 3 N–H and O–H groups in total. The maximum Gasteiger partial charge on any atom is 0.172 e. The smallest absolute Gasteiger partial charge is 0.172 e. The second-order valence-corrected chi connectivity index (χ2v) is 5.76. The Balaban J connectivity index is 2.06. The van der Waals surface area contributed by atoms with Gasteiger partial charge in [-0.05, 0) is 43.9 Å². The summed E-state index contributed by atoms with van der Waals surface area (Å²) >= 11 is 1.48. The van der Waals surface area contributed by atoms with Gasteiger partial charge in [0.05, 0.1) is 16.7 Å². The fourth-order valence-electron chi connectivity index (χ4n) is 2.35. The lowest BCUT2D eigenvalue weighted by molar-refractivity contribution is 0.318. The summed E-state index contributed by atoms with van der Waals surface area (Å²) in [6, 6.07) is 3.88. The number of oxime groups is 1. The van der Waals surface area contributed by atoms with Crippen molar-refractivity contribution < 1.29 is 9.62 Å². The van der Waals surface area contributed by atoms with Crippen LogP contribution in [0, 0.1) is 6.92 Å². The fourth-order valence-corrected chi connectivity index (χ4v) is 3.30. The van der Waals surface area contributed by atoms with Gasteiger partial charge < -0.3 is 15.4 Å². The van der Waals surface area contributed by atoms with Crippen LogP contribution in [-0.2, 0) is 12.8 Å². The van der Waals surface area contributed by atoms with Crippen molar-refractivity contribution in [2.45, 2.75) is 36.1 Å². The molecule has 104 valence electrons. The summed E-state index contributed by atoms with van der Waals surface area (Å²) < 4.78 is 5.30. The molecule has 0 saturated heterocycles. The number of hydrogen-bond donors (Lipinski definition) is 2. The number of pyridine rings is 1. The van der Waals surface area contributed by atoms with Crippen molar-refractivity contribution in [3.63, 3.8) is 0 Å². The van der Waals surface area contributed by atoms with Crippen LogP contribution in [0.5, 0.6) is 0 Å². The largest absolute Gasteiger partial charge is 0.468 e. The Kier molecular flexibility index (Phi) is 3.40. The highest BCUT2D eigenvalue weighted by molar-refractivity contribution is 7.99. The molecule has 3 rings (SSSR count). The molecular formula is C14H15N3O2S. The van der Waals surface area contributed by atoms with Crippen molar-refractivity contribution >= 4 is 17.6 Å². The first-order chi connectivity index (χ1) is 9.69. The van der Waals surface area contributed by atoms with Crippen LogP contribution in [-0.4, -0.2) is 16.0 Å². The predicted molar refractivity (Wildman–Crippen MR) is 76.3 cm³/mol. The SMILES string of the molecule is Cc1occc1Sc1nc2c(cc1/C(N)=N/O)CCC2. The summed E-state index contributed by atoms with van der Waals surface area (Å²) in [5, 5.41) is 12.8. The number of fused-ring (bicyclic) bond motifs is 1. The second kappa shape index (κ2) is 5.20. The van der Waals surface area contributed by atoms with Gasteiger partial charge in [-0.15, -0.1) is 0 Å². The normalized spacial score (nSPS) is 14.6. The summed E-state index contributed by atoms with van der Waals surface area (Å²) in [5.74, 6) is 0.929. The van der Waals surface area contributed by atoms with Crippen molar-refractivity contribution in [1.82, 2.24) is 4.98 Å². The summed E-state index contributed by atoms with van der Waals surface area (Å²) in [5.41, 5.74) is 8.77. The monoisotopic (exact) mass is 289 g/mol. The van der Waals surface area contributed by atoms with Crippen LogP contribution in [0.25, 0.3) is 0 Å². The average molecular weight is 289 g/mol. The molecule has 0 aliphatic heterocycles. The topological polar surface area (TPSA) is 84.6 Å². The molecule has 0 unspecified atom stereocenters. The molecule has 2 aromatic rings. The van der Waals surface area contributed by atoms with Crippen molar-refractivity contribution in [2.24, 2.45) is 10.9 Å². The number of furan rings is 1. The predicted octanol–water partition coefficient (Wildman–Crippen LogP) is 2.72. The first kappa shape index (κ1) is 13.1. The third kappa shape index (κ3) is 2.27. The Hall–Kier alpha value is -1.95. The van der Waals surface area contributed by atoms with E-state index in [4.69, 9.17) is 15.4 Å². The molecule has 0 fully saturated rings. The van der Waals surface area contributed by atoms with E-state index in [1.807, 2.05) is 19.1 Å². The molecule has 0 atom stereocenters. The van der Waals surface area contributed by atoms with E-state index in [2.05, 4.69) is 10.1 Å². The summed E-state index contributed by atoms with van der Waals surface area (Å²) in [4.78, 5) is 5.68. The molecule has 20 heavy (non-hydrogen) atoms. The van der Waals surface area contributed by atoms with Gasteiger partial charge in [-0.3, -0.25) is 0 Å². The number of nitrogens with zero attached hydrogens (tertiary/aromatic N) is 2. The lowest BCUT2D eigenvalue weighted by atomic mass is 10.1. The molecule has 0 amide bonds. The molecule has 0 radical (unpaired) electrons. The number of hydrogen-bond acceptors (Lipinski definition) is 5. The lowest BCUT2D eigenvalue weighted by Gasteiger charge is -2.09. The van der Waals surface area contributed by atoms with Crippen LogP contribution in [0.15, 0.2) is 37.9 Å². The minimum atomic E-state index is 0.0934. The number of amidine groups is 1. The third-order valence-corrected chi connectivity index (χ3v) is 4.57. The van der Waals surface area contributed by atoms with E-state index >= 15 is 0 Å². The minimum Gasteiger partial charge on any atom is -0.468 e. The van der Waals surface area contributed by atoms with E-state index in [0.717, 1.165) is 40.6 Å². The number of aromatic nitrogens is 1. The molecular weight excluding hydrogens is 274 g/mol. The van der Waals surface area contributed by atoms with Crippen molar-refractivity contribution in [3.05, 3.63) is 41.0 Å². The molecule has 6 heteroatoms. The molecule has 5 nitrogen and oxygen atoms in total. The fraction of sp³-hybridized carbons (Fsp3) is 0.286. The van der Waals surface area contributed by atoms with Crippen LogP contribution in [0.4, 0.5) is 0 Å². The number of aryl methyl sites for hydroxylation is 3.